The molecule has 0 aliphatic carbocycles. The van der Waals surface area contributed by atoms with Gasteiger partial charge < -0.3 is 26.6 Å². The van der Waals surface area contributed by atoms with Gasteiger partial charge in [0.1, 0.15) is 0 Å². The molecule has 1 aliphatic heterocycles. The second-order valence-electron chi connectivity index (χ2n) is 4.83. The van der Waals surface area contributed by atoms with E-state index in [1.807, 2.05) is 4.90 Å². The summed E-state index contributed by atoms with van der Waals surface area (Å²) >= 11 is 0. The van der Waals surface area contributed by atoms with Crippen LogP contribution in [0.25, 0.3) is 0 Å². The number of carboxylic acid groups (broad SMARTS) is 2. The highest BCUT2D eigenvalue weighted by atomic mass is 19.4. The standard InChI is InChI=1S/C8H17N3O.2C2HF3O2/c9-6-7(10)8(12)11-4-2-1-3-5-11;2*3-2(4,5)1(6)7/h7H,1-6,9-10H2;2*(H,6,7)/t7-;;/m0../s1. The van der Waals surface area contributed by atoms with Gasteiger partial charge in [-0.3, -0.25) is 4.79 Å². The molecule has 0 saturated carbocycles. The summed E-state index contributed by atoms with van der Waals surface area (Å²) < 4.78 is 63.5. The summed E-state index contributed by atoms with van der Waals surface area (Å²) in [5, 5.41) is 14.2. The zero-order chi connectivity index (χ0) is 21.1. The van der Waals surface area contributed by atoms with Crippen LogP contribution in [0.5, 0.6) is 0 Å². The molecule has 0 radical (unpaired) electrons. The van der Waals surface area contributed by atoms with Gasteiger partial charge in [-0.25, -0.2) is 9.59 Å². The first-order chi connectivity index (χ1) is 11.6. The first-order valence-corrected chi connectivity index (χ1v) is 6.99. The Hall–Kier alpha value is -2.09. The monoisotopic (exact) mass is 399 g/mol. The molecule has 0 aromatic rings. The molecule has 8 nitrogen and oxygen atoms in total. The first-order valence-electron chi connectivity index (χ1n) is 6.99. The lowest BCUT2D eigenvalue weighted by Gasteiger charge is -2.28. The van der Waals surface area contributed by atoms with Crippen molar-refractivity contribution in [1.29, 1.82) is 0 Å². The molecule has 1 atom stereocenters. The van der Waals surface area contributed by atoms with Gasteiger partial charge in [0.25, 0.3) is 0 Å². The van der Waals surface area contributed by atoms with Crippen molar-refractivity contribution in [3.63, 3.8) is 0 Å². The Labute approximate surface area is 143 Å². The quantitative estimate of drug-likeness (QED) is 0.496. The number of nitrogens with zero attached hydrogens (tertiary/aromatic N) is 1. The van der Waals surface area contributed by atoms with Gasteiger partial charge in [-0.1, -0.05) is 0 Å². The number of rotatable bonds is 2. The molecule has 0 spiro atoms. The lowest BCUT2D eigenvalue weighted by atomic mass is 10.1. The number of piperidine rings is 1. The molecular formula is C12H19F6N3O5. The van der Waals surface area contributed by atoms with Gasteiger partial charge >= 0.3 is 24.3 Å². The van der Waals surface area contributed by atoms with E-state index in [2.05, 4.69) is 0 Å². The van der Waals surface area contributed by atoms with E-state index in [-0.39, 0.29) is 12.5 Å². The van der Waals surface area contributed by atoms with Gasteiger partial charge in [0.05, 0.1) is 6.04 Å². The molecule has 0 bridgehead atoms. The van der Waals surface area contributed by atoms with Crippen molar-refractivity contribution in [3.8, 4) is 0 Å². The fourth-order valence-electron chi connectivity index (χ4n) is 1.45. The molecule has 0 aromatic carbocycles. The predicted octanol–water partition coefficient (Wildman–Crippen LogP) is 0.551. The zero-order valence-corrected chi connectivity index (χ0v) is 13.3. The van der Waals surface area contributed by atoms with Crippen molar-refractivity contribution < 1.29 is 50.9 Å². The Morgan fingerprint density at radius 2 is 1.19 bits per heavy atom. The maximum Gasteiger partial charge on any atom is 0.490 e. The smallest absolute Gasteiger partial charge is 0.475 e. The van der Waals surface area contributed by atoms with Crippen LogP contribution in [0, 0.1) is 0 Å². The number of hydrogen-bond acceptors (Lipinski definition) is 5. The van der Waals surface area contributed by atoms with Gasteiger partial charge in [-0.05, 0) is 19.3 Å². The molecule has 6 N–H and O–H groups in total. The van der Waals surface area contributed by atoms with Crippen LogP contribution in [0.4, 0.5) is 26.3 Å². The van der Waals surface area contributed by atoms with Crippen molar-refractivity contribution in [1.82, 2.24) is 4.90 Å². The summed E-state index contributed by atoms with van der Waals surface area (Å²) in [4.78, 5) is 31.1. The van der Waals surface area contributed by atoms with E-state index in [9.17, 15) is 31.1 Å². The number of halogens is 6. The number of carbonyl (C=O) groups excluding carboxylic acids is 1. The number of nitrogens with two attached hydrogens (primary N) is 2. The molecule has 1 rings (SSSR count). The van der Waals surface area contributed by atoms with Crippen LogP contribution in [-0.2, 0) is 14.4 Å². The van der Waals surface area contributed by atoms with Gasteiger partial charge in [-0.15, -0.1) is 0 Å². The van der Waals surface area contributed by atoms with Crippen molar-refractivity contribution in [2.45, 2.75) is 37.7 Å². The largest absolute Gasteiger partial charge is 0.490 e. The Morgan fingerprint density at radius 1 is 0.885 bits per heavy atom. The number of hydrogen-bond donors (Lipinski definition) is 4. The van der Waals surface area contributed by atoms with E-state index in [0.29, 0.717) is 0 Å². The summed E-state index contributed by atoms with van der Waals surface area (Å²) in [5.74, 6) is -5.50. The number of aliphatic carboxylic acids is 2. The zero-order valence-electron chi connectivity index (χ0n) is 13.3. The molecule has 154 valence electrons. The Bertz CT molecular complexity index is 439. The molecule has 1 heterocycles. The average Bonchev–Trinajstić information content (AvgIpc) is 2.53. The van der Waals surface area contributed by atoms with Gasteiger partial charge in [0, 0.05) is 19.6 Å². The number of likely N-dealkylation sites (tertiary alicyclic amines) is 1. The van der Waals surface area contributed by atoms with E-state index in [4.69, 9.17) is 31.3 Å². The van der Waals surface area contributed by atoms with Crippen LogP contribution >= 0.6 is 0 Å². The number of alkyl halides is 6. The van der Waals surface area contributed by atoms with Crippen LogP contribution in [0.15, 0.2) is 0 Å². The second kappa shape index (κ2) is 11.5. The molecule has 0 unspecified atom stereocenters. The van der Waals surface area contributed by atoms with Gasteiger partial charge in [0.2, 0.25) is 5.91 Å². The lowest BCUT2D eigenvalue weighted by Crippen LogP contribution is -2.49. The van der Waals surface area contributed by atoms with Gasteiger partial charge in [-0.2, -0.15) is 26.3 Å². The lowest BCUT2D eigenvalue weighted by molar-refractivity contribution is -0.193. The molecule has 1 fully saturated rings. The van der Waals surface area contributed by atoms with Crippen molar-refractivity contribution >= 4 is 17.8 Å². The minimum atomic E-state index is -5.08. The van der Waals surface area contributed by atoms with E-state index < -0.39 is 30.3 Å². The summed E-state index contributed by atoms with van der Waals surface area (Å²) in [6.07, 6.45) is -6.74. The minimum Gasteiger partial charge on any atom is -0.475 e. The molecule has 1 saturated heterocycles. The summed E-state index contributed by atoms with van der Waals surface area (Å²) in [5.41, 5.74) is 10.8. The maximum absolute atomic E-state index is 11.5. The van der Waals surface area contributed by atoms with E-state index >= 15 is 0 Å². The van der Waals surface area contributed by atoms with E-state index in [1.165, 1.54) is 6.42 Å². The normalized spacial score (nSPS) is 15.6. The number of amides is 1. The molecule has 26 heavy (non-hydrogen) atoms. The van der Waals surface area contributed by atoms with Gasteiger partial charge in [0.15, 0.2) is 0 Å². The predicted molar refractivity (Wildman–Crippen MR) is 74.8 cm³/mol. The maximum atomic E-state index is 11.5. The van der Waals surface area contributed by atoms with Crippen molar-refractivity contribution in [3.05, 3.63) is 0 Å². The first kappa shape index (κ1) is 26.1. The Kier molecular flexibility index (Phi) is 11.6. The number of carbonyl (C=O) groups is 3. The molecular weight excluding hydrogens is 380 g/mol. The third-order valence-corrected chi connectivity index (χ3v) is 2.72. The van der Waals surface area contributed by atoms with Crippen LogP contribution < -0.4 is 11.5 Å². The van der Waals surface area contributed by atoms with E-state index in [0.717, 1.165) is 25.9 Å². The molecule has 1 aliphatic rings. The van der Waals surface area contributed by atoms with Crippen molar-refractivity contribution in [2.24, 2.45) is 11.5 Å². The summed E-state index contributed by atoms with van der Waals surface area (Å²) in [6, 6.07) is -0.497. The third-order valence-electron chi connectivity index (χ3n) is 2.72. The van der Waals surface area contributed by atoms with Crippen molar-refractivity contribution in [2.75, 3.05) is 19.6 Å². The topological polar surface area (TPSA) is 147 Å². The highest BCUT2D eigenvalue weighted by Gasteiger charge is 2.38. The summed E-state index contributed by atoms with van der Waals surface area (Å²) in [6.45, 7) is 1.95. The SMILES string of the molecule is NC[C@H](N)C(=O)N1CCCCC1.O=C(O)C(F)(F)F.O=C(O)C(F)(F)F. The molecule has 14 heteroatoms. The van der Waals surface area contributed by atoms with Crippen LogP contribution in [-0.4, -0.2) is 71.0 Å². The fraction of sp³-hybridized carbons (Fsp3) is 0.750. The molecule has 1 amide bonds. The second-order valence-corrected chi connectivity index (χ2v) is 4.83. The van der Waals surface area contributed by atoms with Crippen LogP contribution in [0.2, 0.25) is 0 Å². The van der Waals surface area contributed by atoms with Crippen LogP contribution in [0.3, 0.4) is 0 Å². The molecule has 0 aromatic heterocycles. The fourth-order valence-corrected chi connectivity index (χ4v) is 1.45. The third kappa shape index (κ3) is 12.3. The average molecular weight is 399 g/mol. The number of carboxylic acids is 2. The Morgan fingerprint density at radius 3 is 1.42 bits per heavy atom. The Balaban J connectivity index is 0. The van der Waals surface area contributed by atoms with Crippen LogP contribution in [0.1, 0.15) is 19.3 Å². The minimum absolute atomic E-state index is 0.0113. The highest BCUT2D eigenvalue weighted by Crippen LogP contribution is 2.13. The van der Waals surface area contributed by atoms with E-state index in [1.54, 1.807) is 0 Å². The highest BCUT2D eigenvalue weighted by molar-refractivity contribution is 5.81. The summed E-state index contributed by atoms with van der Waals surface area (Å²) in [7, 11) is 0.